The van der Waals surface area contributed by atoms with E-state index in [1.54, 1.807) is 67.0 Å². The van der Waals surface area contributed by atoms with E-state index in [1.165, 1.54) is 4.90 Å². The van der Waals surface area contributed by atoms with Gasteiger partial charge in [-0.2, -0.15) is 0 Å². The summed E-state index contributed by atoms with van der Waals surface area (Å²) in [6, 6.07) is 17.1. The molecule has 1 fully saturated rings. The number of carbonyl (C=O) groups excluding carboxylic acids is 3. The molecule has 0 spiro atoms. The minimum Gasteiger partial charge on any atom is -0.426 e. The zero-order valence-electron chi connectivity index (χ0n) is 19.5. The fraction of sp³-hybridized carbons (Fsp3) is 0.259. The van der Waals surface area contributed by atoms with Gasteiger partial charge in [-0.05, 0) is 68.8 Å². The number of aromatic nitrogens is 1. The van der Waals surface area contributed by atoms with Crippen molar-refractivity contribution >= 4 is 35.1 Å². The summed E-state index contributed by atoms with van der Waals surface area (Å²) in [4.78, 5) is 47.4. The molecule has 1 saturated heterocycles. The van der Waals surface area contributed by atoms with Crippen molar-refractivity contribution in [1.82, 2.24) is 10.3 Å². The van der Waals surface area contributed by atoms with Crippen molar-refractivity contribution in [3.63, 3.8) is 0 Å². The Hall–Kier alpha value is -3.71. The number of hydrogen-bond donors (Lipinski definition) is 1. The average molecular weight is 490 g/mol. The number of carbonyl (C=O) groups is 3. The van der Waals surface area contributed by atoms with Crippen molar-refractivity contribution in [2.75, 3.05) is 4.90 Å². The van der Waals surface area contributed by atoms with E-state index in [1.807, 2.05) is 26.8 Å². The number of fused-ring (bicyclic) bond motifs is 3. The Morgan fingerprint density at radius 2 is 1.69 bits per heavy atom. The molecule has 3 aromatic rings. The monoisotopic (exact) mass is 489 g/mol. The standard InChI is InChI=1S/C27H24ClN3O4/c1-26(2,3)30-25(34)27(16-12-14-29-15-13-16)22-19-6-4-5-7-20(19)35-24(33)21(22)23(32)31(27)18-10-8-17(28)9-11-18/h4-15,21-22H,1-3H3,(H,30,34)/t21-,22-,27-/m1/s1. The van der Waals surface area contributed by atoms with E-state index in [2.05, 4.69) is 10.3 Å². The topological polar surface area (TPSA) is 88.6 Å². The van der Waals surface area contributed by atoms with E-state index in [-0.39, 0.29) is 0 Å². The first-order valence-electron chi connectivity index (χ1n) is 11.3. The second-order valence-electron chi connectivity index (χ2n) is 9.77. The molecule has 8 heteroatoms. The van der Waals surface area contributed by atoms with Gasteiger partial charge in [0.05, 0.1) is 0 Å². The van der Waals surface area contributed by atoms with Gasteiger partial charge in [-0.1, -0.05) is 29.8 Å². The summed E-state index contributed by atoms with van der Waals surface area (Å²) in [6.07, 6.45) is 3.15. The number of para-hydroxylation sites is 1. The third-order valence-electron chi connectivity index (χ3n) is 6.38. The quantitative estimate of drug-likeness (QED) is 0.338. The molecule has 1 aromatic heterocycles. The number of halogens is 1. The number of hydrogen-bond acceptors (Lipinski definition) is 5. The number of ether oxygens (including phenoxy) is 1. The van der Waals surface area contributed by atoms with Crippen LogP contribution in [-0.2, 0) is 19.9 Å². The minimum absolute atomic E-state index is 0.339. The molecule has 2 aliphatic heterocycles. The molecular formula is C27H24ClN3O4. The Kier molecular flexibility index (Phi) is 5.40. The maximum atomic E-state index is 14.4. The first-order chi connectivity index (χ1) is 16.6. The molecule has 2 aliphatic rings. The maximum absolute atomic E-state index is 14.4. The number of pyridine rings is 1. The smallest absolute Gasteiger partial charge is 0.324 e. The molecule has 1 N–H and O–H groups in total. The number of benzene rings is 2. The lowest BCUT2D eigenvalue weighted by Crippen LogP contribution is -2.60. The fourth-order valence-electron chi connectivity index (χ4n) is 5.12. The Bertz CT molecular complexity index is 1320. The summed E-state index contributed by atoms with van der Waals surface area (Å²) in [6.45, 7) is 5.61. The molecule has 5 rings (SSSR count). The number of rotatable bonds is 3. The predicted octanol–water partition coefficient (Wildman–Crippen LogP) is 4.21. The van der Waals surface area contributed by atoms with Crippen LogP contribution in [0.3, 0.4) is 0 Å². The molecule has 0 unspecified atom stereocenters. The summed E-state index contributed by atoms with van der Waals surface area (Å²) in [7, 11) is 0. The van der Waals surface area contributed by atoms with E-state index >= 15 is 0 Å². The molecule has 2 amide bonds. The number of nitrogens with one attached hydrogen (secondary N) is 1. The molecule has 0 bridgehead atoms. The van der Waals surface area contributed by atoms with Crippen molar-refractivity contribution in [1.29, 1.82) is 0 Å². The number of amides is 2. The second kappa shape index (κ2) is 8.20. The van der Waals surface area contributed by atoms with Crippen LogP contribution in [-0.4, -0.2) is 28.3 Å². The molecular weight excluding hydrogens is 466 g/mol. The van der Waals surface area contributed by atoms with Crippen molar-refractivity contribution in [3.05, 3.63) is 89.2 Å². The Labute approximate surface area is 208 Å². The summed E-state index contributed by atoms with van der Waals surface area (Å²) in [5, 5.41) is 3.56. The van der Waals surface area contributed by atoms with Crippen LogP contribution < -0.4 is 15.0 Å². The van der Waals surface area contributed by atoms with Gasteiger partial charge < -0.3 is 10.1 Å². The lowest BCUT2D eigenvalue weighted by molar-refractivity contribution is -0.144. The largest absolute Gasteiger partial charge is 0.426 e. The van der Waals surface area contributed by atoms with Gasteiger partial charge in [0.25, 0.3) is 5.91 Å². The Morgan fingerprint density at radius 1 is 1.03 bits per heavy atom. The average Bonchev–Trinajstić information content (AvgIpc) is 3.10. The summed E-state index contributed by atoms with van der Waals surface area (Å²) in [5.41, 5.74) is -0.614. The summed E-state index contributed by atoms with van der Waals surface area (Å²) >= 11 is 6.14. The first-order valence-corrected chi connectivity index (χ1v) is 11.7. The van der Waals surface area contributed by atoms with Crippen molar-refractivity contribution in [2.24, 2.45) is 5.92 Å². The predicted molar refractivity (Wildman–Crippen MR) is 131 cm³/mol. The van der Waals surface area contributed by atoms with Gasteiger partial charge in [0.15, 0.2) is 5.54 Å². The lowest BCUT2D eigenvalue weighted by atomic mass is 9.69. The molecule has 0 saturated carbocycles. The zero-order chi connectivity index (χ0) is 25.0. The van der Waals surface area contributed by atoms with Gasteiger partial charge in [-0.3, -0.25) is 24.3 Å². The number of esters is 1. The van der Waals surface area contributed by atoms with Crippen molar-refractivity contribution in [3.8, 4) is 5.75 Å². The van der Waals surface area contributed by atoms with Crippen molar-refractivity contribution < 1.29 is 19.1 Å². The number of nitrogens with zero attached hydrogens (tertiary/aromatic N) is 2. The van der Waals surface area contributed by atoms with Crippen LogP contribution in [0.25, 0.3) is 0 Å². The molecule has 7 nitrogen and oxygen atoms in total. The second-order valence-corrected chi connectivity index (χ2v) is 10.2. The highest BCUT2D eigenvalue weighted by Crippen LogP contribution is 2.58. The molecule has 3 atom stereocenters. The van der Waals surface area contributed by atoms with Crippen LogP contribution >= 0.6 is 11.6 Å². The minimum atomic E-state index is -1.60. The van der Waals surface area contributed by atoms with Gasteiger partial charge in [-0.25, -0.2) is 0 Å². The van der Waals surface area contributed by atoms with Gasteiger partial charge in [-0.15, -0.1) is 0 Å². The van der Waals surface area contributed by atoms with Crippen LogP contribution in [0.2, 0.25) is 5.02 Å². The number of anilines is 1. The van der Waals surface area contributed by atoms with Gasteiger partial charge >= 0.3 is 5.97 Å². The molecule has 178 valence electrons. The third kappa shape index (κ3) is 3.58. The fourth-order valence-corrected chi connectivity index (χ4v) is 5.25. The SMILES string of the molecule is CC(C)(C)NC(=O)[C@@]1(c2ccncc2)[C@@H]2c3ccccc3OC(=O)[C@H]2C(=O)N1c1ccc(Cl)cc1. The van der Waals surface area contributed by atoms with E-state index in [4.69, 9.17) is 16.3 Å². The van der Waals surface area contributed by atoms with E-state index in [0.717, 1.165) is 0 Å². The molecule has 35 heavy (non-hydrogen) atoms. The highest BCUT2D eigenvalue weighted by molar-refractivity contribution is 6.30. The van der Waals surface area contributed by atoms with Gasteiger partial charge in [0.2, 0.25) is 5.91 Å². The van der Waals surface area contributed by atoms with E-state index in [9.17, 15) is 14.4 Å². The summed E-state index contributed by atoms with van der Waals surface area (Å²) in [5.74, 6) is -3.31. The molecule has 2 aromatic carbocycles. The molecule has 0 aliphatic carbocycles. The lowest BCUT2D eigenvalue weighted by Gasteiger charge is -2.43. The Morgan fingerprint density at radius 3 is 2.34 bits per heavy atom. The van der Waals surface area contributed by atoms with Gasteiger partial charge in [0.1, 0.15) is 11.7 Å². The van der Waals surface area contributed by atoms with E-state index in [0.29, 0.717) is 27.6 Å². The van der Waals surface area contributed by atoms with Crippen LogP contribution in [0.5, 0.6) is 5.75 Å². The maximum Gasteiger partial charge on any atom is 0.324 e. The van der Waals surface area contributed by atoms with Gasteiger partial charge in [0, 0.05) is 40.1 Å². The van der Waals surface area contributed by atoms with Crippen LogP contribution in [0, 0.1) is 5.92 Å². The highest BCUT2D eigenvalue weighted by atomic mass is 35.5. The normalized spacial score (nSPS) is 23.4. The van der Waals surface area contributed by atoms with Crippen LogP contribution in [0.1, 0.15) is 37.8 Å². The van der Waals surface area contributed by atoms with Crippen LogP contribution in [0.4, 0.5) is 5.69 Å². The van der Waals surface area contributed by atoms with Crippen molar-refractivity contribution in [2.45, 2.75) is 37.8 Å². The zero-order valence-corrected chi connectivity index (χ0v) is 20.2. The van der Waals surface area contributed by atoms with Crippen LogP contribution in [0.15, 0.2) is 73.1 Å². The Balaban J connectivity index is 1.88. The van der Waals surface area contributed by atoms with E-state index < -0.39 is 40.7 Å². The summed E-state index contributed by atoms with van der Waals surface area (Å²) < 4.78 is 5.58. The highest BCUT2D eigenvalue weighted by Gasteiger charge is 2.69. The first kappa shape index (κ1) is 23.1. The molecule has 3 heterocycles. The molecule has 0 radical (unpaired) electrons. The third-order valence-corrected chi connectivity index (χ3v) is 6.63.